The van der Waals surface area contributed by atoms with Gasteiger partial charge in [0.1, 0.15) is 0 Å². The first-order valence-electron chi connectivity index (χ1n) is 14.2. The molecule has 17 heteroatoms. The number of anilines is 12. The van der Waals surface area contributed by atoms with Crippen molar-refractivity contribution in [3.63, 3.8) is 0 Å². The van der Waals surface area contributed by atoms with Crippen molar-refractivity contribution < 1.29 is 0 Å². The van der Waals surface area contributed by atoms with E-state index in [9.17, 15) is 0 Å². The van der Waals surface area contributed by atoms with Gasteiger partial charge in [-0.25, -0.2) is 4.90 Å². The van der Waals surface area contributed by atoms with Crippen LogP contribution in [0.5, 0.6) is 0 Å². The van der Waals surface area contributed by atoms with Gasteiger partial charge in [0, 0.05) is 36.8 Å². The quantitative estimate of drug-likeness (QED) is 0.154. The molecule has 3 aromatic heterocycles. The number of nitrogens with one attached hydrogen (secondary N) is 4. The summed E-state index contributed by atoms with van der Waals surface area (Å²) in [6, 6.07) is 22.6. The van der Waals surface area contributed by atoms with Gasteiger partial charge in [0.2, 0.25) is 52.2 Å². The molecule has 3 aromatic carbocycles. The Balaban J connectivity index is 1.40. The Morgan fingerprint density at radius 3 is 1.38 bits per heavy atom. The predicted molar refractivity (Wildman–Crippen MR) is 183 cm³/mol. The number of rotatable bonds is 2. The van der Waals surface area contributed by atoms with Crippen LogP contribution in [0.3, 0.4) is 0 Å². The maximum Gasteiger partial charge on any atom is 0.243 e. The second-order valence-corrected chi connectivity index (χ2v) is 11.1. The number of nitrogens with zero attached hydrogens (tertiary/aromatic N) is 11. The molecule has 0 amide bonds. The Morgan fingerprint density at radius 2 is 0.957 bits per heavy atom. The van der Waals surface area contributed by atoms with Crippen LogP contribution in [0.1, 0.15) is 5.56 Å². The van der Waals surface area contributed by atoms with E-state index >= 15 is 0 Å². The zero-order valence-corrected chi connectivity index (χ0v) is 26.6. The largest absolute Gasteiger partial charge is 0.347 e. The Kier molecular flexibility index (Phi) is 7.89. The normalized spacial score (nSPS) is 12.1. The average Bonchev–Trinajstić information content (AvgIpc) is 3.01. The van der Waals surface area contributed by atoms with Crippen LogP contribution in [0, 0.1) is 6.92 Å². The highest BCUT2D eigenvalue weighted by atomic mass is 35.5. The lowest BCUT2D eigenvalue weighted by Crippen LogP contribution is -2.18. The Labute approximate surface area is 278 Å². The Morgan fingerprint density at radius 1 is 0.532 bits per heavy atom. The minimum absolute atomic E-state index is 0.0530. The van der Waals surface area contributed by atoms with Crippen molar-refractivity contribution in [1.82, 2.24) is 44.9 Å². The van der Waals surface area contributed by atoms with E-state index in [1.807, 2.05) is 93.8 Å². The molecular formula is C30H25Cl2N15. The highest BCUT2D eigenvalue weighted by Gasteiger charge is 2.22. The third-order valence-electron chi connectivity index (χ3n) is 6.66. The van der Waals surface area contributed by atoms with Gasteiger partial charge in [-0.05, 0) is 78.7 Å². The van der Waals surface area contributed by atoms with Crippen LogP contribution >= 0.6 is 23.2 Å². The molecule has 0 unspecified atom stereocenters. The predicted octanol–water partition coefficient (Wildman–Crippen LogP) is 6.68. The highest BCUT2D eigenvalue weighted by Crippen LogP contribution is 2.33. The van der Waals surface area contributed by atoms with Crippen LogP contribution in [-0.4, -0.2) is 59.0 Å². The fourth-order valence-corrected chi connectivity index (χ4v) is 4.86. The third-order valence-corrected chi connectivity index (χ3v) is 7.00. The molecule has 1 aliphatic rings. The van der Waals surface area contributed by atoms with Gasteiger partial charge in [-0.1, -0.05) is 29.8 Å². The van der Waals surface area contributed by atoms with Gasteiger partial charge in [-0.15, -0.1) is 0 Å². The van der Waals surface area contributed by atoms with E-state index in [1.54, 1.807) is 9.80 Å². The summed E-state index contributed by atoms with van der Waals surface area (Å²) in [5.74, 6) is 1.77. The smallest absolute Gasteiger partial charge is 0.243 e. The maximum atomic E-state index is 6.46. The van der Waals surface area contributed by atoms with Gasteiger partial charge in [0.15, 0.2) is 0 Å². The highest BCUT2D eigenvalue weighted by molar-refractivity contribution is 6.28. The van der Waals surface area contributed by atoms with E-state index < -0.39 is 0 Å². The fourth-order valence-electron chi connectivity index (χ4n) is 4.55. The van der Waals surface area contributed by atoms with Crippen LogP contribution < -0.4 is 31.1 Å². The topological polar surface area (TPSA) is 171 Å². The van der Waals surface area contributed by atoms with Crippen molar-refractivity contribution in [3.05, 3.63) is 88.9 Å². The second kappa shape index (κ2) is 12.5. The van der Waals surface area contributed by atoms with Crippen LogP contribution in [0.15, 0.2) is 72.8 Å². The summed E-state index contributed by atoms with van der Waals surface area (Å²) in [5, 5.41) is 12.8. The average molecular weight is 667 g/mol. The summed E-state index contributed by atoms with van der Waals surface area (Å²) in [7, 11) is 3.70. The van der Waals surface area contributed by atoms with Crippen molar-refractivity contribution >= 4 is 93.3 Å². The molecule has 1 aliphatic heterocycles. The van der Waals surface area contributed by atoms with Crippen molar-refractivity contribution in [2.45, 2.75) is 6.92 Å². The Hall–Kier alpha value is -5.93. The molecule has 234 valence electrons. The summed E-state index contributed by atoms with van der Waals surface area (Å²) in [6.07, 6.45) is 0. The van der Waals surface area contributed by atoms with Gasteiger partial charge < -0.3 is 26.2 Å². The van der Waals surface area contributed by atoms with E-state index in [0.717, 1.165) is 5.56 Å². The van der Waals surface area contributed by atoms with Crippen molar-refractivity contribution in [2.75, 3.05) is 45.2 Å². The molecule has 6 aromatic rings. The summed E-state index contributed by atoms with van der Waals surface area (Å²) in [4.78, 5) is 44.0. The zero-order chi connectivity index (χ0) is 32.5. The number of aryl methyl sites for hydroxylation is 1. The van der Waals surface area contributed by atoms with Gasteiger partial charge in [0.25, 0.3) is 0 Å². The minimum Gasteiger partial charge on any atom is -0.347 e. The standard InChI is InChI=1S/C30H25Cl2N15/c1-16-10-12-21(13-11-16)47-29-39-22(31)37-24(44-29)33-17-6-4-8-19(14-17)35-26-41-27(43-28(42-26)46(2)3)36-20-9-5-7-18(15-20)34-25-38-23(32)40-30(47)45-25/h4-15H,1-3H3,(H,33,37,39,44)(H,34,38,40,45)(H2,35,36,41,42,43). The van der Waals surface area contributed by atoms with E-state index in [-0.39, 0.29) is 34.4 Å². The molecule has 4 heterocycles. The molecule has 10 bridgehead atoms. The molecule has 7 rings (SSSR count). The van der Waals surface area contributed by atoms with Crippen LogP contribution in [0.2, 0.25) is 10.6 Å². The molecule has 0 spiro atoms. The first kappa shape index (κ1) is 29.8. The van der Waals surface area contributed by atoms with Gasteiger partial charge in [-0.2, -0.15) is 44.9 Å². The summed E-state index contributed by atoms with van der Waals surface area (Å²) in [5.41, 5.74) is 4.43. The number of hydrogen-bond donors (Lipinski definition) is 4. The molecule has 4 N–H and O–H groups in total. The lowest BCUT2D eigenvalue weighted by Gasteiger charge is -2.22. The van der Waals surface area contributed by atoms with Crippen molar-refractivity contribution in [1.29, 1.82) is 0 Å². The molecule has 0 radical (unpaired) electrons. The first-order chi connectivity index (χ1) is 22.7. The van der Waals surface area contributed by atoms with Gasteiger partial charge >= 0.3 is 0 Å². The molecular weight excluding hydrogens is 641 g/mol. The van der Waals surface area contributed by atoms with Gasteiger partial charge in [-0.3, -0.25) is 0 Å². The maximum absolute atomic E-state index is 6.46. The van der Waals surface area contributed by atoms with Crippen LogP contribution in [0.4, 0.5) is 70.1 Å². The summed E-state index contributed by atoms with van der Waals surface area (Å²) >= 11 is 12.9. The second-order valence-electron chi connectivity index (χ2n) is 10.5. The number of halogens is 2. The molecule has 47 heavy (non-hydrogen) atoms. The minimum atomic E-state index is -0.0530. The SMILES string of the molecule is Cc1ccc(N2c3nc(Cl)nc(n3)Nc3cccc(c3)Nc3nc(nc(N(C)C)n3)Nc3cccc(c3)Nc3nc(Cl)nc2n3)cc1. The summed E-state index contributed by atoms with van der Waals surface area (Å²) in [6.45, 7) is 1.99. The van der Waals surface area contributed by atoms with Gasteiger partial charge in [0.05, 0.1) is 5.69 Å². The van der Waals surface area contributed by atoms with Crippen LogP contribution in [0.25, 0.3) is 0 Å². The molecule has 0 atom stereocenters. The molecule has 0 fully saturated rings. The van der Waals surface area contributed by atoms with Crippen molar-refractivity contribution in [3.8, 4) is 0 Å². The fraction of sp³-hybridized carbons (Fsp3) is 0.100. The Bertz CT molecular complexity index is 1970. The van der Waals surface area contributed by atoms with Crippen molar-refractivity contribution in [2.24, 2.45) is 0 Å². The van der Waals surface area contributed by atoms with E-state index in [1.165, 1.54) is 0 Å². The monoisotopic (exact) mass is 665 g/mol. The van der Waals surface area contributed by atoms with E-state index in [2.05, 4.69) is 66.1 Å². The molecule has 0 saturated heterocycles. The number of aromatic nitrogens is 9. The molecule has 0 aliphatic carbocycles. The first-order valence-corrected chi connectivity index (χ1v) is 14.9. The number of fused-ring (bicyclic) bond motifs is 10. The molecule has 15 nitrogen and oxygen atoms in total. The zero-order valence-electron chi connectivity index (χ0n) is 25.1. The lowest BCUT2D eigenvalue weighted by molar-refractivity contribution is 0.956. The van der Waals surface area contributed by atoms with E-state index in [0.29, 0.717) is 46.3 Å². The summed E-state index contributed by atoms with van der Waals surface area (Å²) < 4.78 is 0. The van der Waals surface area contributed by atoms with E-state index in [4.69, 9.17) is 23.2 Å². The number of hydrogen-bond acceptors (Lipinski definition) is 15. The lowest BCUT2D eigenvalue weighted by atomic mass is 10.2. The number of benzene rings is 3. The third kappa shape index (κ3) is 6.85. The van der Waals surface area contributed by atoms with Crippen LogP contribution in [-0.2, 0) is 0 Å². The molecule has 0 saturated carbocycles.